The number of nitrogens with one attached hydrogen (secondary N) is 2. The van der Waals surface area contributed by atoms with Crippen LogP contribution in [0, 0.1) is 5.92 Å². The fourth-order valence-electron chi connectivity index (χ4n) is 3.71. The summed E-state index contributed by atoms with van der Waals surface area (Å²) in [5.74, 6) is 0.859. The number of thiazole rings is 1. The van der Waals surface area contributed by atoms with Gasteiger partial charge in [0.15, 0.2) is 0 Å². The highest BCUT2D eigenvalue weighted by atomic mass is 32.1. The van der Waals surface area contributed by atoms with Crippen molar-refractivity contribution in [1.82, 2.24) is 20.5 Å². The summed E-state index contributed by atoms with van der Waals surface area (Å²) in [6, 6.07) is 0.600. The van der Waals surface area contributed by atoms with Gasteiger partial charge in [-0.3, -0.25) is 19.5 Å². The van der Waals surface area contributed by atoms with Gasteiger partial charge in [-0.25, -0.2) is 0 Å². The third-order valence-corrected chi connectivity index (χ3v) is 6.65. The van der Waals surface area contributed by atoms with Crippen molar-refractivity contribution in [2.75, 3.05) is 13.1 Å². The van der Waals surface area contributed by atoms with E-state index in [1.807, 2.05) is 0 Å². The molecule has 2 atom stereocenters. The van der Waals surface area contributed by atoms with Crippen molar-refractivity contribution in [1.29, 1.82) is 0 Å². The molecule has 2 heterocycles. The molecule has 0 bridgehead atoms. The molecule has 1 saturated carbocycles. The van der Waals surface area contributed by atoms with Crippen LogP contribution >= 0.6 is 11.3 Å². The quantitative estimate of drug-likeness (QED) is 0.678. The molecular formula is C20H32N4O2S. The van der Waals surface area contributed by atoms with Gasteiger partial charge in [-0.15, -0.1) is 11.3 Å². The Labute approximate surface area is 166 Å². The van der Waals surface area contributed by atoms with Gasteiger partial charge in [-0.2, -0.15) is 0 Å². The fourth-order valence-corrected chi connectivity index (χ4v) is 4.24. The van der Waals surface area contributed by atoms with Crippen molar-refractivity contribution in [2.45, 2.75) is 76.9 Å². The average Bonchev–Trinajstić information content (AvgIpc) is 3.13. The van der Waals surface area contributed by atoms with Crippen LogP contribution in [0.1, 0.15) is 69.0 Å². The van der Waals surface area contributed by atoms with Gasteiger partial charge < -0.3 is 10.6 Å². The summed E-state index contributed by atoms with van der Waals surface area (Å²) in [4.78, 5) is 31.9. The van der Waals surface area contributed by atoms with Gasteiger partial charge in [0.05, 0.1) is 11.7 Å². The predicted molar refractivity (Wildman–Crippen MR) is 108 cm³/mol. The lowest BCUT2D eigenvalue weighted by Gasteiger charge is -2.31. The second-order valence-electron chi connectivity index (χ2n) is 8.59. The maximum atomic E-state index is 12.5. The Bertz CT molecular complexity index is 642. The summed E-state index contributed by atoms with van der Waals surface area (Å²) < 4.78 is 0. The average molecular weight is 393 g/mol. The summed E-state index contributed by atoms with van der Waals surface area (Å²) >= 11 is 1.36. The van der Waals surface area contributed by atoms with Crippen LogP contribution in [0.3, 0.4) is 0 Å². The summed E-state index contributed by atoms with van der Waals surface area (Å²) in [7, 11) is 0. The molecule has 7 heteroatoms. The Morgan fingerprint density at radius 3 is 2.63 bits per heavy atom. The van der Waals surface area contributed by atoms with E-state index in [1.165, 1.54) is 24.2 Å². The van der Waals surface area contributed by atoms with Crippen LogP contribution in [-0.2, 0) is 4.79 Å². The molecule has 1 aliphatic carbocycles. The van der Waals surface area contributed by atoms with Gasteiger partial charge in [0, 0.05) is 37.1 Å². The molecule has 2 fully saturated rings. The molecule has 2 amide bonds. The number of carbonyl (C=O) groups is 2. The van der Waals surface area contributed by atoms with E-state index in [0.717, 1.165) is 31.7 Å². The minimum absolute atomic E-state index is 0.0465. The molecule has 2 N–H and O–H groups in total. The van der Waals surface area contributed by atoms with Crippen LogP contribution in [0.4, 0.5) is 0 Å². The van der Waals surface area contributed by atoms with Crippen molar-refractivity contribution in [3.63, 3.8) is 0 Å². The summed E-state index contributed by atoms with van der Waals surface area (Å²) in [6.07, 6.45) is 7.71. The summed E-state index contributed by atoms with van der Waals surface area (Å²) in [5, 5.41) is 6.23. The monoisotopic (exact) mass is 392 g/mol. The molecule has 6 nitrogen and oxygen atoms in total. The molecular weight excluding hydrogens is 360 g/mol. The van der Waals surface area contributed by atoms with Crippen LogP contribution < -0.4 is 10.6 Å². The van der Waals surface area contributed by atoms with Crippen LogP contribution in [0.25, 0.3) is 0 Å². The van der Waals surface area contributed by atoms with Crippen molar-refractivity contribution < 1.29 is 9.59 Å². The van der Waals surface area contributed by atoms with Gasteiger partial charge in [-0.1, -0.05) is 6.92 Å². The molecule has 150 valence electrons. The Balaban J connectivity index is 1.55. The first-order valence-electron chi connectivity index (χ1n) is 10.1. The predicted octanol–water partition coefficient (Wildman–Crippen LogP) is 2.81. The first-order chi connectivity index (χ1) is 12.9. The number of likely N-dealkylation sites (tertiary alicyclic amines) is 1. The number of hydrogen-bond donors (Lipinski definition) is 2. The van der Waals surface area contributed by atoms with Gasteiger partial charge in [0.2, 0.25) is 5.91 Å². The molecule has 1 aromatic rings. The van der Waals surface area contributed by atoms with E-state index in [9.17, 15) is 9.59 Å². The standard InChI is InChI=1S/C20H32N4O2S/c1-4-20(2,3)23-18(25)9-15-7-8-16(24(15)12-14-5-6-14)10-22-19(26)17-11-21-13-27-17/h11,13-16H,4-10,12H2,1-3H3,(H,22,26)(H,23,25)/t15-,16+/m1/s1. The molecule has 27 heavy (non-hydrogen) atoms. The molecule has 1 aromatic heterocycles. The van der Waals surface area contributed by atoms with E-state index in [1.54, 1.807) is 11.7 Å². The maximum absolute atomic E-state index is 12.5. The molecule has 0 spiro atoms. The lowest BCUT2D eigenvalue weighted by atomic mass is 10.0. The molecule has 0 radical (unpaired) electrons. The Morgan fingerprint density at radius 2 is 2.00 bits per heavy atom. The zero-order valence-electron chi connectivity index (χ0n) is 16.7. The Hall–Kier alpha value is -1.47. The number of rotatable bonds is 9. The number of amides is 2. The Kier molecular flexibility index (Phi) is 6.52. The number of carbonyl (C=O) groups excluding carboxylic acids is 2. The molecule has 0 aromatic carbocycles. The Morgan fingerprint density at radius 1 is 1.26 bits per heavy atom. The molecule has 2 aliphatic rings. The lowest BCUT2D eigenvalue weighted by molar-refractivity contribution is -0.123. The van der Waals surface area contributed by atoms with Gasteiger partial charge in [0.1, 0.15) is 4.88 Å². The normalized spacial score (nSPS) is 23.4. The zero-order valence-corrected chi connectivity index (χ0v) is 17.5. The number of aromatic nitrogens is 1. The molecule has 3 rings (SSSR count). The third-order valence-electron chi connectivity index (χ3n) is 5.87. The van der Waals surface area contributed by atoms with Crippen LogP contribution in [0.15, 0.2) is 11.7 Å². The molecule has 1 aliphatic heterocycles. The maximum Gasteiger partial charge on any atom is 0.263 e. The van der Waals surface area contributed by atoms with E-state index in [0.29, 0.717) is 23.9 Å². The molecule has 0 unspecified atom stereocenters. The minimum Gasteiger partial charge on any atom is -0.351 e. The summed E-state index contributed by atoms with van der Waals surface area (Å²) in [6.45, 7) is 7.92. The van der Waals surface area contributed by atoms with E-state index < -0.39 is 0 Å². The zero-order chi connectivity index (χ0) is 19.4. The van der Waals surface area contributed by atoms with E-state index >= 15 is 0 Å². The van der Waals surface area contributed by atoms with Crippen LogP contribution in [0.2, 0.25) is 0 Å². The smallest absolute Gasteiger partial charge is 0.263 e. The summed E-state index contributed by atoms with van der Waals surface area (Å²) in [5.41, 5.74) is 1.52. The first kappa shape index (κ1) is 20.3. The van der Waals surface area contributed by atoms with Gasteiger partial charge in [0.25, 0.3) is 5.91 Å². The van der Waals surface area contributed by atoms with Crippen molar-refractivity contribution in [2.24, 2.45) is 5.92 Å². The fraction of sp³-hybridized carbons (Fsp3) is 0.750. The second kappa shape index (κ2) is 8.69. The van der Waals surface area contributed by atoms with Crippen LogP contribution in [0.5, 0.6) is 0 Å². The SMILES string of the molecule is CCC(C)(C)NC(=O)C[C@H]1CC[C@@H](CNC(=O)c2cncs2)N1CC1CC1. The van der Waals surface area contributed by atoms with Crippen LogP contribution in [-0.4, -0.2) is 52.4 Å². The van der Waals surface area contributed by atoms with Gasteiger partial charge >= 0.3 is 0 Å². The van der Waals surface area contributed by atoms with E-state index in [-0.39, 0.29) is 23.4 Å². The van der Waals surface area contributed by atoms with Crippen molar-refractivity contribution >= 4 is 23.2 Å². The van der Waals surface area contributed by atoms with Crippen molar-refractivity contribution in [3.8, 4) is 0 Å². The largest absolute Gasteiger partial charge is 0.351 e. The second-order valence-corrected chi connectivity index (χ2v) is 9.48. The third kappa shape index (κ3) is 5.75. The minimum atomic E-state index is -0.154. The highest BCUT2D eigenvalue weighted by molar-refractivity contribution is 7.11. The highest BCUT2D eigenvalue weighted by Gasteiger charge is 2.38. The van der Waals surface area contributed by atoms with Crippen molar-refractivity contribution in [3.05, 3.63) is 16.6 Å². The molecule has 1 saturated heterocycles. The topological polar surface area (TPSA) is 74.3 Å². The van der Waals surface area contributed by atoms with Gasteiger partial charge in [-0.05, 0) is 51.9 Å². The highest BCUT2D eigenvalue weighted by Crippen LogP contribution is 2.35. The first-order valence-corrected chi connectivity index (χ1v) is 11.0. The number of nitrogens with zero attached hydrogens (tertiary/aromatic N) is 2. The van der Waals surface area contributed by atoms with E-state index in [2.05, 4.69) is 41.3 Å². The number of hydrogen-bond acceptors (Lipinski definition) is 5. The van der Waals surface area contributed by atoms with E-state index in [4.69, 9.17) is 0 Å². The lowest BCUT2D eigenvalue weighted by Crippen LogP contribution is -2.48.